The molecule has 0 aliphatic rings. The Labute approximate surface area is 127 Å². The maximum Gasteiger partial charge on any atom is 0.144 e. The molecule has 22 heavy (non-hydrogen) atoms. The normalized spacial score (nSPS) is 11.4. The van der Waals surface area contributed by atoms with E-state index in [2.05, 4.69) is 15.1 Å². The smallest absolute Gasteiger partial charge is 0.144 e. The largest absolute Gasteiger partial charge is 0.394 e. The van der Waals surface area contributed by atoms with Crippen molar-refractivity contribution < 1.29 is 9.84 Å². The van der Waals surface area contributed by atoms with Crippen molar-refractivity contribution in [3.05, 3.63) is 30.0 Å². The zero-order valence-corrected chi connectivity index (χ0v) is 12.4. The lowest BCUT2D eigenvalue weighted by Gasteiger charge is -2.01. The van der Waals surface area contributed by atoms with Crippen LogP contribution in [0.1, 0.15) is 5.69 Å². The summed E-state index contributed by atoms with van der Waals surface area (Å²) in [4.78, 5) is 7.87. The van der Waals surface area contributed by atoms with E-state index in [-0.39, 0.29) is 6.61 Å². The number of fused-ring (bicyclic) bond motifs is 1. The fourth-order valence-electron chi connectivity index (χ4n) is 2.49. The average Bonchev–Trinajstić information content (AvgIpc) is 3.07. The number of benzene rings is 1. The molecule has 0 saturated carbocycles. The van der Waals surface area contributed by atoms with E-state index in [0.29, 0.717) is 31.2 Å². The van der Waals surface area contributed by atoms with Crippen molar-refractivity contribution in [2.24, 2.45) is 0 Å². The quantitative estimate of drug-likeness (QED) is 0.635. The van der Waals surface area contributed by atoms with Gasteiger partial charge in [0.2, 0.25) is 0 Å². The molecule has 0 radical (unpaired) electrons. The summed E-state index contributed by atoms with van der Waals surface area (Å²) in [5.74, 6) is 1.19. The van der Waals surface area contributed by atoms with E-state index >= 15 is 0 Å². The Kier molecular flexibility index (Phi) is 4.08. The second-order valence-electron chi connectivity index (χ2n) is 5.00. The number of aliphatic hydroxyl groups is 1. The molecule has 1 aromatic carbocycles. The summed E-state index contributed by atoms with van der Waals surface area (Å²) in [6, 6.07) is 7.81. The maximum atomic E-state index is 9.14. The van der Waals surface area contributed by atoms with Crippen LogP contribution in [0.2, 0.25) is 0 Å². The number of aromatic nitrogens is 4. The Bertz CT molecular complexity index is 744. The van der Waals surface area contributed by atoms with Crippen molar-refractivity contribution in [1.82, 2.24) is 19.7 Å². The van der Waals surface area contributed by atoms with Crippen LogP contribution in [0.4, 0.5) is 5.82 Å². The molecule has 3 rings (SSSR count). The van der Waals surface area contributed by atoms with Crippen LogP contribution in [0.25, 0.3) is 22.4 Å². The van der Waals surface area contributed by atoms with Gasteiger partial charge in [-0.15, -0.1) is 0 Å². The van der Waals surface area contributed by atoms with E-state index in [1.807, 2.05) is 24.3 Å². The first kappa shape index (κ1) is 14.6. The van der Waals surface area contributed by atoms with Gasteiger partial charge < -0.3 is 20.6 Å². The second kappa shape index (κ2) is 6.17. The first-order valence-corrected chi connectivity index (χ1v) is 7.14. The summed E-state index contributed by atoms with van der Waals surface area (Å²) >= 11 is 0. The van der Waals surface area contributed by atoms with Crippen LogP contribution in [-0.2, 0) is 17.7 Å². The molecule has 0 spiro atoms. The lowest BCUT2D eigenvalue weighted by Crippen LogP contribution is -2.08. The SMILES string of the molecule is COCCc1nn(CCO)c(N)c1-c1nc2ccccc2[nH]1. The summed E-state index contributed by atoms with van der Waals surface area (Å²) < 4.78 is 6.74. The van der Waals surface area contributed by atoms with Gasteiger partial charge in [0.1, 0.15) is 11.6 Å². The summed E-state index contributed by atoms with van der Waals surface area (Å²) in [6.45, 7) is 0.879. The van der Waals surface area contributed by atoms with Crippen molar-refractivity contribution in [2.45, 2.75) is 13.0 Å². The minimum atomic E-state index is -0.0187. The molecule has 0 saturated heterocycles. The molecule has 0 aliphatic heterocycles. The molecule has 0 atom stereocenters. The topological polar surface area (TPSA) is 102 Å². The first-order chi connectivity index (χ1) is 10.7. The lowest BCUT2D eigenvalue weighted by atomic mass is 10.2. The van der Waals surface area contributed by atoms with Crippen molar-refractivity contribution in [3.63, 3.8) is 0 Å². The van der Waals surface area contributed by atoms with Crippen molar-refractivity contribution in [3.8, 4) is 11.4 Å². The third-order valence-electron chi connectivity index (χ3n) is 3.55. The fourth-order valence-corrected chi connectivity index (χ4v) is 2.49. The van der Waals surface area contributed by atoms with Gasteiger partial charge in [0.05, 0.1) is 42.0 Å². The van der Waals surface area contributed by atoms with Gasteiger partial charge in [0.15, 0.2) is 0 Å². The van der Waals surface area contributed by atoms with Crippen LogP contribution in [0, 0.1) is 0 Å². The van der Waals surface area contributed by atoms with Gasteiger partial charge in [-0.3, -0.25) is 0 Å². The number of imidazole rings is 1. The lowest BCUT2D eigenvalue weighted by molar-refractivity contribution is 0.201. The van der Waals surface area contributed by atoms with Gasteiger partial charge in [-0.05, 0) is 12.1 Å². The number of nitrogens with two attached hydrogens (primary N) is 1. The molecule has 2 heterocycles. The fraction of sp³-hybridized carbons (Fsp3) is 0.333. The van der Waals surface area contributed by atoms with Gasteiger partial charge in [0.25, 0.3) is 0 Å². The van der Waals surface area contributed by atoms with E-state index in [0.717, 1.165) is 22.3 Å². The molecule has 4 N–H and O–H groups in total. The van der Waals surface area contributed by atoms with Crippen LogP contribution in [-0.4, -0.2) is 45.2 Å². The molecule has 0 amide bonds. The summed E-state index contributed by atoms with van der Waals surface area (Å²) in [5.41, 5.74) is 9.62. The molecule has 7 heteroatoms. The van der Waals surface area contributed by atoms with Gasteiger partial charge in [-0.25, -0.2) is 9.67 Å². The summed E-state index contributed by atoms with van der Waals surface area (Å²) in [5, 5.41) is 13.6. The van der Waals surface area contributed by atoms with Crippen molar-refractivity contribution in [1.29, 1.82) is 0 Å². The highest BCUT2D eigenvalue weighted by Gasteiger charge is 2.19. The number of nitrogens with zero attached hydrogens (tertiary/aromatic N) is 3. The highest BCUT2D eigenvalue weighted by Crippen LogP contribution is 2.29. The molecule has 7 nitrogen and oxygen atoms in total. The molecule has 0 fully saturated rings. The number of aromatic amines is 1. The molecule has 3 aromatic rings. The minimum Gasteiger partial charge on any atom is -0.394 e. The number of ether oxygens (including phenoxy) is 1. The van der Waals surface area contributed by atoms with Gasteiger partial charge in [-0.1, -0.05) is 12.1 Å². The standard InChI is InChI=1S/C15H19N5O2/c1-22-9-6-12-13(14(16)20(19-12)7-8-21)15-17-10-4-2-3-5-11(10)18-15/h2-5,21H,6-9,16H2,1H3,(H,17,18). The van der Waals surface area contributed by atoms with Crippen molar-refractivity contribution >= 4 is 16.9 Å². The third kappa shape index (κ3) is 2.56. The van der Waals surface area contributed by atoms with E-state index in [1.165, 1.54) is 0 Å². The van der Waals surface area contributed by atoms with Crippen LogP contribution in [0.5, 0.6) is 0 Å². The Hall–Kier alpha value is -2.38. The number of hydrogen-bond acceptors (Lipinski definition) is 5. The highest BCUT2D eigenvalue weighted by molar-refractivity contribution is 5.82. The van der Waals surface area contributed by atoms with E-state index in [9.17, 15) is 0 Å². The van der Waals surface area contributed by atoms with E-state index in [4.69, 9.17) is 15.6 Å². The third-order valence-corrected chi connectivity index (χ3v) is 3.55. The highest BCUT2D eigenvalue weighted by atomic mass is 16.5. The number of nitrogen functional groups attached to an aromatic ring is 1. The zero-order valence-electron chi connectivity index (χ0n) is 12.4. The second-order valence-corrected chi connectivity index (χ2v) is 5.00. The number of hydrogen-bond donors (Lipinski definition) is 3. The molecular formula is C15H19N5O2. The molecular weight excluding hydrogens is 282 g/mol. The molecule has 0 bridgehead atoms. The Morgan fingerprint density at radius 1 is 1.36 bits per heavy atom. The number of anilines is 1. The first-order valence-electron chi connectivity index (χ1n) is 7.14. The molecule has 2 aromatic heterocycles. The van der Waals surface area contributed by atoms with Gasteiger partial charge >= 0.3 is 0 Å². The number of para-hydroxylation sites is 2. The molecule has 0 aliphatic carbocycles. The number of nitrogens with one attached hydrogen (secondary N) is 1. The maximum absolute atomic E-state index is 9.14. The zero-order chi connectivity index (χ0) is 15.5. The predicted octanol–water partition coefficient (Wildman–Crippen LogP) is 1.19. The number of methoxy groups -OCH3 is 1. The van der Waals surface area contributed by atoms with Crippen molar-refractivity contribution in [2.75, 3.05) is 26.1 Å². The van der Waals surface area contributed by atoms with Crippen LogP contribution < -0.4 is 5.73 Å². The average molecular weight is 301 g/mol. The van der Waals surface area contributed by atoms with E-state index < -0.39 is 0 Å². The molecule has 116 valence electrons. The number of aliphatic hydroxyl groups excluding tert-OH is 1. The van der Waals surface area contributed by atoms with Gasteiger partial charge in [-0.2, -0.15) is 5.10 Å². The number of H-pyrrole nitrogens is 1. The molecule has 0 unspecified atom stereocenters. The summed E-state index contributed by atoms with van der Waals surface area (Å²) in [6.07, 6.45) is 0.630. The van der Waals surface area contributed by atoms with Gasteiger partial charge in [0, 0.05) is 13.5 Å². The predicted molar refractivity (Wildman–Crippen MR) is 84.4 cm³/mol. The Balaban J connectivity index is 2.10. The van der Waals surface area contributed by atoms with Crippen LogP contribution >= 0.6 is 0 Å². The van der Waals surface area contributed by atoms with Crippen LogP contribution in [0.3, 0.4) is 0 Å². The summed E-state index contributed by atoms with van der Waals surface area (Å²) in [7, 11) is 1.65. The Morgan fingerprint density at radius 2 is 2.18 bits per heavy atom. The van der Waals surface area contributed by atoms with E-state index in [1.54, 1.807) is 11.8 Å². The minimum absolute atomic E-state index is 0.0187. The monoisotopic (exact) mass is 301 g/mol. The number of rotatable bonds is 6. The van der Waals surface area contributed by atoms with Crippen LogP contribution in [0.15, 0.2) is 24.3 Å². The Morgan fingerprint density at radius 3 is 2.91 bits per heavy atom.